The van der Waals surface area contributed by atoms with Crippen molar-refractivity contribution in [2.24, 2.45) is 0 Å². The maximum Gasteiger partial charge on any atom is 0.248 e. The van der Waals surface area contributed by atoms with Crippen molar-refractivity contribution in [2.75, 3.05) is 15.9 Å². The molecule has 0 radical (unpaired) electrons. The number of halogens is 2. The zero-order chi connectivity index (χ0) is 20.4. The number of hydrogen-bond donors (Lipinski definition) is 1. The third kappa shape index (κ3) is 4.82. The fourth-order valence-electron chi connectivity index (χ4n) is 2.73. The van der Waals surface area contributed by atoms with E-state index in [1.807, 2.05) is 13.8 Å². The van der Waals surface area contributed by atoms with Crippen molar-refractivity contribution >= 4 is 27.3 Å². The SMILES string of the molecule is CCC(C(=O)Nc1ccc(F)cc1F)N(c1ccc(C)c(C)c1)S(C)(=O)=O. The Labute approximate surface area is 158 Å². The number of benzene rings is 2. The van der Waals surface area contributed by atoms with Crippen LogP contribution >= 0.6 is 0 Å². The topological polar surface area (TPSA) is 66.5 Å². The minimum absolute atomic E-state index is 0.161. The molecular formula is C19H22F2N2O3S. The Balaban J connectivity index is 2.42. The van der Waals surface area contributed by atoms with Crippen LogP contribution in [0.5, 0.6) is 0 Å². The molecule has 0 aromatic heterocycles. The van der Waals surface area contributed by atoms with Crippen LogP contribution in [0.25, 0.3) is 0 Å². The molecule has 1 amide bonds. The lowest BCUT2D eigenvalue weighted by Gasteiger charge is -2.30. The first-order valence-electron chi connectivity index (χ1n) is 8.37. The molecule has 1 unspecified atom stereocenters. The van der Waals surface area contributed by atoms with Crippen LogP contribution < -0.4 is 9.62 Å². The van der Waals surface area contributed by atoms with Crippen LogP contribution in [-0.2, 0) is 14.8 Å². The number of rotatable bonds is 6. The average Bonchev–Trinajstić information content (AvgIpc) is 2.56. The molecule has 1 atom stereocenters. The number of nitrogens with one attached hydrogen (secondary N) is 1. The molecule has 146 valence electrons. The third-order valence-corrected chi connectivity index (χ3v) is 5.44. The maximum atomic E-state index is 13.8. The Kier molecular flexibility index (Phi) is 6.20. The van der Waals surface area contributed by atoms with Crippen molar-refractivity contribution in [3.8, 4) is 0 Å². The van der Waals surface area contributed by atoms with Crippen molar-refractivity contribution < 1.29 is 22.0 Å². The number of carbonyl (C=O) groups is 1. The molecule has 8 heteroatoms. The van der Waals surface area contributed by atoms with Crippen LogP contribution in [0.1, 0.15) is 24.5 Å². The summed E-state index contributed by atoms with van der Waals surface area (Å²) in [6.07, 6.45) is 1.17. The van der Waals surface area contributed by atoms with Gasteiger partial charge in [-0.3, -0.25) is 9.10 Å². The van der Waals surface area contributed by atoms with Gasteiger partial charge in [-0.05, 0) is 55.7 Å². The van der Waals surface area contributed by atoms with E-state index in [9.17, 15) is 22.0 Å². The Morgan fingerprint density at radius 3 is 2.30 bits per heavy atom. The highest BCUT2D eigenvalue weighted by molar-refractivity contribution is 7.92. The van der Waals surface area contributed by atoms with E-state index in [0.717, 1.165) is 33.8 Å². The predicted molar refractivity (Wildman–Crippen MR) is 102 cm³/mol. The Morgan fingerprint density at radius 1 is 1.11 bits per heavy atom. The Hall–Kier alpha value is -2.48. The normalized spacial score (nSPS) is 12.5. The van der Waals surface area contributed by atoms with Crippen molar-refractivity contribution in [1.29, 1.82) is 0 Å². The highest BCUT2D eigenvalue weighted by atomic mass is 32.2. The lowest BCUT2D eigenvalue weighted by atomic mass is 10.1. The lowest BCUT2D eigenvalue weighted by Crippen LogP contribution is -2.47. The Morgan fingerprint density at radius 2 is 1.78 bits per heavy atom. The van der Waals surface area contributed by atoms with Gasteiger partial charge in [0.25, 0.3) is 0 Å². The molecule has 0 fully saturated rings. The molecule has 1 N–H and O–H groups in total. The molecule has 0 heterocycles. The largest absolute Gasteiger partial charge is 0.322 e. The molecule has 0 saturated carbocycles. The molecule has 5 nitrogen and oxygen atoms in total. The molecule has 0 spiro atoms. The smallest absolute Gasteiger partial charge is 0.248 e. The van der Waals surface area contributed by atoms with Gasteiger partial charge in [-0.1, -0.05) is 13.0 Å². The van der Waals surface area contributed by atoms with Gasteiger partial charge in [-0.15, -0.1) is 0 Å². The van der Waals surface area contributed by atoms with E-state index in [0.29, 0.717) is 11.8 Å². The zero-order valence-corrected chi connectivity index (χ0v) is 16.4. The van der Waals surface area contributed by atoms with E-state index >= 15 is 0 Å². The summed E-state index contributed by atoms with van der Waals surface area (Å²) in [6, 6.07) is 6.74. The van der Waals surface area contributed by atoms with E-state index < -0.39 is 33.6 Å². The fourth-order valence-corrected chi connectivity index (χ4v) is 3.93. The number of sulfonamides is 1. The van der Waals surface area contributed by atoms with E-state index in [1.165, 1.54) is 0 Å². The Bertz CT molecular complexity index is 961. The van der Waals surface area contributed by atoms with E-state index in [2.05, 4.69) is 5.32 Å². The molecule has 27 heavy (non-hydrogen) atoms. The fraction of sp³-hybridized carbons (Fsp3) is 0.316. The summed E-state index contributed by atoms with van der Waals surface area (Å²) >= 11 is 0. The summed E-state index contributed by atoms with van der Waals surface area (Å²) in [5.41, 5.74) is 2.00. The summed E-state index contributed by atoms with van der Waals surface area (Å²) in [6.45, 7) is 5.39. The molecule has 0 aliphatic carbocycles. The lowest BCUT2D eigenvalue weighted by molar-refractivity contribution is -0.117. The number of aryl methyl sites for hydroxylation is 2. The van der Waals surface area contributed by atoms with Crippen LogP contribution in [-0.4, -0.2) is 26.6 Å². The summed E-state index contributed by atoms with van der Waals surface area (Å²) in [4.78, 5) is 12.7. The van der Waals surface area contributed by atoms with Gasteiger partial charge in [-0.25, -0.2) is 17.2 Å². The molecule has 0 aliphatic rings. The molecule has 2 aromatic carbocycles. The molecular weight excluding hydrogens is 374 g/mol. The number of nitrogens with zero attached hydrogens (tertiary/aromatic N) is 1. The first-order chi connectivity index (χ1) is 12.5. The second-order valence-corrected chi connectivity index (χ2v) is 8.22. The highest BCUT2D eigenvalue weighted by Crippen LogP contribution is 2.26. The minimum Gasteiger partial charge on any atom is -0.322 e. The van der Waals surface area contributed by atoms with Gasteiger partial charge >= 0.3 is 0 Å². The molecule has 0 bridgehead atoms. The molecule has 2 rings (SSSR count). The summed E-state index contributed by atoms with van der Waals surface area (Å²) < 4.78 is 52.8. The summed E-state index contributed by atoms with van der Waals surface area (Å²) in [5, 5.41) is 2.35. The first-order valence-corrected chi connectivity index (χ1v) is 10.2. The first kappa shape index (κ1) is 20.8. The monoisotopic (exact) mass is 396 g/mol. The highest BCUT2D eigenvalue weighted by Gasteiger charge is 2.32. The summed E-state index contributed by atoms with van der Waals surface area (Å²) in [7, 11) is -3.79. The van der Waals surface area contributed by atoms with Gasteiger partial charge in [-0.2, -0.15) is 0 Å². The zero-order valence-electron chi connectivity index (χ0n) is 15.6. The molecule has 0 aliphatic heterocycles. The van der Waals surface area contributed by atoms with Gasteiger partial charge in [0.05, 0.1) is 17.6 Å². The van der Waals surface area contributed by atoms with Crippen LogP contribution in [0.3, 0.4) is 0 Å². The minimum atomic E-state index is -3.79. The van der Waals surface area contributed by atoms with Crippen molar-refractivity contribution in [3.63, 3.8) is 0 Å². The second-order valence-electron chi connectivity index (χ2n) is 6.36. The van der Waals surface area contributed by atoms with Gasteiger partial charge in [0.2, 0.25) is 15.9 Å². The van der Waals surface area contributed by atoms with Crippen molar-refractivity contribution in [1.82, 2.24) is 0 Å². The number of anilines is 2. The van der Waals surface area contributed by atoms with E-state index in [1.54, 1.807) is 25.1 Å². The van der Waals surface area contributed by atoms with Gasteiger partial charge in [0, 0.05) is 6.07 Å². The molecule has 2 aromatic rings. The van der Waals surface area contributed by atoms with Crippen LogP contribution in [0, 0.1) is 25.5 Å². The number of amides is 1. The van der Waals surface area contributed by atoms with Crippen LogP contribution in [0.4, 0.5) is 20.2 Å². The summed E-state index contributed by atoms with van der Waals surface area (Å²) in [5.74, 6) is -2.41. The maximum absolute atomic E-state index is 13.8. The predicted octanol–water partition coefficient (Wildman–Crippen LogP) is 3.76. The van der Waals surface area contributed by atoms with Crippen molar-refractivity contribution in [2.45, 2.75) is 33.2 Å². The third-order valence-electron chi connectivity index (χ3n) is 4.26. The van der Waals surface area contributed by atoms with Gasteiger partial charge in [0.1, 0.15) is 17.7 Å². The van der Waals surface area contributed by atoms with Gasteiger partial charge < -0.3 is 5.32 Å². The van der Waals surface area contributed by atoms with Gasteiger partial charge in [0.15, 0.2) is 0 Å². The number of carbonyl (C=O) groups excluding carboxylic acids is 1. The van der Waals surface area contributed by atoms with Crippen LogP contribution in [0.15, 0.2) is 36.4 Å². The van der Waals surface area contributed by atoms with E-state index in [4.69, 9.17) is 0 Å². The standard InChI is InChI=1S/C19H22F2N2O3S/c1-5-18(19(24)22-17-9-7-14(20)11-16(17)21)23(27(4,25)26)15-8-6-12(2)13(3)10-15/h6-11,18H,5H2,1-4H3,(H,22,24). The quantitative estimate of drug-likeness (QED) is 0.808. The molecule has 0 saturated heterocycles. The number of hydrogen-bond acceptors (Lipinski definition) is 3. The second kappa shape index (κ2) is 8.04. The van der Waals surface area contributed by atoms with Crippen LogP contribution in [0.2, 0.25) is 0 Å². The van der Waals surface area contributed by atoms with E-state index in [-0.39, 0.29) is 12.1 Å². The average molecular weight is 396 g/mol. The van der Waals surface area contributed by atoms with Crippen molar-refractivity contribution in [3.05, 3.63) is 59.2 Å².